The molecule has 30 heavy (non-hydrogen) atoms. The van der Waals surface area contributed by atoms with Crippen LogP contribution in [0.4, 0.5) is 10.1 Å². The van der Waals surface area contributed by atoms with E-state index in [1.807, 2.05) is 45.0 Å². The van der Waals surface area contributed by atoms with Crippen molar-refractivity contribution in [3.63, 3.8) is 0 Å². The third-order valence-electron chi connectivity index (χ3n) is 4.70. The first-order chi connectivity index (χ1) is 14.2. The van der Waals surface area contributed by atoms with E-state index in [1.54, 1.807) is 24.3 Å². The van der Waals surface area contributed by atoms with Crippen LogP contribution in [0.25, 0.3) is 16.9 Å². The Hall–Kier alpha value is -3.25. The molecule has 0 bridgehead atoms. The molecular formula is C23H20ClFN4O. The Kier molecular flexibility index (Phi) is 5.03. The van der Waals surface area contributed by atoms with E-state index in [0.717, 1.165) is 5.69 Å². The highest BCUT2D eigenvalue weighted by Crippen LogP contribution is 2.29. The van der Waals surface area contributed by atoms with E-state index in [-0.39, 0.29) is 16.8 Å². The van der Waals surface area contributed by atoms with E-state index in [0.29, 0.717) is 21.9 Å². The van der Waals surface area contributed by atoms with Crippen LogP contribution < -0.4 is 5.32 Å². The largest absolute Gasteiger partial charge is 0.318 e. The van der Waals surface area contributed by atoms with Gasteiger partial charge in [0, 0.05) is 22.1 Å². The predicted octanol–water partition coefficient (Wildman–Crippen LogP) is 5.74. The van der Waals surface area contributed by atoms with E-state index in [9.17, 15) is 9.18 Å². The summed E-state index contributed by atoms with van der Waals surface area (Å²) in [4.78, 5) is 17.8. The number of para-hydroxylation sites is 1. The number of nitrogens with one attached hydrogen (secondary N) is 1. The minimum Gasteiger partial charge on any atom is -0.318 e. The molecule has 0 aliphatic heterocycles. The number of amides is 1. The molecule has 0 saturated carbocycles. The smallest absolute Gasteiger partial charge is 0.274 e. The summed E-state index contributed by atoms with van der Waals surface area (Å²) in [6.07, 6.45) is 0. The number of fused-ring (bicyclic) bond motifs is 1. The van der Waals surface area contributed by atoms with Crippen LogP contribution in [-0.2, 0) is 5.41 Å². The lowest BCUT2D eigenvalue weighted by atomic mass is 9.93. The third kappa shape index (κ3) is 3.78. The molecule has 2 heterocycles. The first-order valence-electron chi connectivity index (χ1n) is 9.46. The van der Waals surface area contributed by atoms with Gasteiger partial charge in [0.15, 0.2) is 5.65 Å². The molecule has 4 rings (SSSR count). The van der Waals surface area contributed by atoms with Crippen LogP contribution in [0.15, 0.2) is 60.7 Å². The van der Waals surface area contributed by atoms with Crippen molar-refractivity contribution in [2.45, 2.75) is 26.2 Å². The second-order valence-corrected chi connectivity index (χ2v) is 8.40. The van der Waals surface area contributed by atoms with Gasteiger partial charge in [-0.25, -0.2) is 13.9 Å². The minimum absolute atomic E-state index is 0.0926. The number of nitrogens with zero attached hydrogens (tertiary/aromatic N) is 3. The van der Waals surface area contributed by atoms with Crippen LogP contribution in [-0.4, -0.2) is 20.5 Å². The number of carbonyl (C=O) groups is 1. The summed E-state index contributed by atoms with van der Waals surface area (Å²) >= 11 is 6.36. The van der Waals surface area contributed by atoms with Crippen molar-refractivity contribution in [1.82, 2.24) is 14.6 Å². The van der Waals surface area contributed by atoms with Gasteiger partial charge < -0.3 is 5.32 Å². The van der Waals surface area contributed by atoms with Gasteiger partial charge >= 0.3 is 0 Å². The molecule has 0 radical (unpaired) electrons. The van der Waals surface area contributed by atoms with Crippen molar-refractivity contribution >= 4 is 28.8 Å². The van der Waals surface area contributed by atoms with E-state index >= 15 is 0 Å². The van der Waals surface area contributed by atoms with Crippen molar-refractivity contribution < 1.29 is 9.18 Å². The molecule has 0 saturated heterocycles. The number of halogens is 2. The highest BCUT2D eigenvalue weighted by molar-refractivity contribution is 6.33. The number of hydrogen-bond donors (Lipinski definition) is 1. The Morgan fingerprint density at radius 3 is 2.47 bits per heavy atom. The van der Waals surface area contributed by atoms with E-state index in [1.165, 1.54) is 16.6 Å². The normalized spacial score (nSPS) is 11.6. The van der Waals surface area contributed by atoms with Crippen molar-refractivity contribution in [2.24, 2.45) is 0 Å². The lowest BCUT2D eigenvalue weighted by Crippen LogP contribution is -2.19. The zero-order valence-electron chi connectivity index (χ0n) is 16.8. The van der Waals surface area contributed by atoms with Crippen LogP contribution in [0.5, 0.6) is 0 Å². The Morgan fingerprint density at radius 1 is 1.07 bits per heavy atom. The van der Waals surface area contributed by atoms with Gasteiger partial charge in [-0.2, -0.15) is 5.10 Å². The fraction of sp³-hybridized carbons (Fsp3) is 0.174. The maximum Gasteiger partial charge on any atom is 0.274 e. The van der Waals surface area contributed by atoms with E-state index < -0.39 is 11.7 Å². The second-order valence-electron chi connectivity index (χ2n) is 7.99. The molecule has 0 aliphatic rings. The Bertz CT molecular complexity index is 1260. The number of hydrogen-bond acceptors (Lipinski definition) is 3. The number of anilines is 1. The zero-order chi connectivity index (χ0) is 21.5. The Morgan fingerprint density at radius 2 is 1.77 bits per heavy atom. The van der Waals surface area contributed by atoms with Crippen molar-refractivity contribution in [1.29, 1.82) is 0 Å². The summed E-state index contributed by atoms with van der Waals surface area (Å²) in [6, 6.07) is 16.7. The fourth-order valence-corrected chi connectivity index (χ4v) is 3.29. The van der Waals surface area contributed by atoms with Crippen LogP contribution >= 0.6 is 11.6 Å². The molecule has 2 aromatic heterocycles. The molecule has 152 valence electrons. The molecule has 4 aromatic rings. The molecule has 0 unspecified atom stereocenters. The topological polar surface area (TPSA) is 59.3 Å². The van der Waals surface area contributed by atoms with Gasteiger partial charge in [0.2, 0.25) is 0 Å². The lowest BCUT2D eigenvalue weighted by molar-refractivity contribution is 0.101. The summed E-state index contributed by atoms with van der Waals surface area (Å²) in [5.74, 6) is -1.01. The number of carbonyl (C=O) groups excluding carboxylic acids is 1. The molecule has 0 atom stereocenters. The summed E-state index contributed by atoms with van der Waals surface area (Å²) in [7, 11) is 0. The van der Waals surface area contributed by atoms with Crippen LogP contribution in [0.2, 0.25) is 5.02 Å². The monoisotopic (exact) mass is 422 g/mol. The van der Waals surface area contributed by atoms with Crippen LogP contribution in [0, 0.1) is 5.82 Å². The standard InChI is InChI=1S/C23H20ClFN4O/c1-23(2,3)20-13-21-26-18(14-8-4-5-9-15(14)24)12-19(29(21)28-20)22(30)27-17-11-7-6-10-16(17)25/h4-13H,1-3H3,(H,27,30). The van der Waals surface area contributed by atoms with Gasteiger partial charge in [-0.15, -0.1) is 0 Å². The average molecular weight is 423 g/mol. The van der Waals surface area contributed by atoms with Crippen molar-refractivity contribution in [3.8, 4) is 11.3 Å². The SMILES string of the molecule is CC(C)(C)c1cc2nc(-c3ccccc3Cl)cc(C(=O)Nc3ccccc3F)n2n1. The molecule has 2 aromatic carbocycles. The summed E-state index contributed by atoms with van der Waals surface area (Å²) in [5, 5.41) is 7.74. The molecular weight excluding hydrogens is 403 g/mol. The quantitative estimate of drug-likeness (QED) is 0.458. The van der Waals surface area contributed by atoms with Crippen molar-refractivity contribution in [3.05, 3.63) is 82.9 Å². The molecule has 0 aliphatic carbocycles. The number of benzene rings is 2. The van der Waals surface area contributed by atoms with Gasteiger partial charge in [0.25, 0.3) is 5.91 Å². The predicted molar refractivity (Wildman–Crippen MR) is 116 cm³/mol. The molecule has 7 heteroatoms. The van der Waals surface area contributed by atoms with E-state index in [4.69, 9.17) is 11.6 Å². The molecule has 1 N–H and O–H groups in total. The van der Waals surface area contributed by atoms with Gasteiger partial charge in [-0.05, 0) is 24.3 Å². The maximum atomic E-state index is 14.1. The van der Waals surface area contributed by atoms with Gasteiger partial charge in [-0.3, -0.25) is 4.79 Å². The van der Waals surface area contributed by atoms with Gasteiger partial charge in [0.1, 0.15) is 11.5 Å². The highest BCUT2D eigenvalue weighted by atomic mass is 35.5. The minimum atomic E-state index is -0.515. The van der Waals surface area contributed by atoms with Crippen LogP contribution in [0.1, 0.15) is 37.0 Å². The summed E-state index contributed by atoms with van der Waals surface area (Å²) in [5.41, 5.74) is 2.61. The van der Waals surface area contributed by atoms with Crippen LogP contribution in [0.3, 0.4) is 0 Å². The molecule has 0 spiro atoms. The molecule has 1 amide bonds. The summed E-state index contributed by atoms with van der Waals surface area (Å²) < 4.78 is 15.6. The van der Waals surface area contributed by atoms with Crippen molar-refractivity contribution in [2.75, 3.05) is 5.32 Å². The highest BCUT2D eigenvalue weighted by Gasteiger charge is 2.23. The zero-order valence-corrected chi connectivity index (χ0v) is 17.5. The Labute approximate surface area is 178 Å². The summed E-state index contributed by atoms with van der Waals surface area (Å²) in [6.45, 7) is 6.09. The first-order valence-corrected chi connectivity index (χ1v) is 9.84. The second kappa shape index (κ2) is 7.54. The molecule has 0 fully saturated rings. The maximum absolute atomic E-state index is 14.1. The van der Waals surface area contributed by atoms with Gasteiger partial charge in [0.05, 0.1) is 17.1 Å². The number of rotatable bonds is 3. The van der Waals surface area contributed by atoms with Gasteiger partial charge in [-0.1, -0.05) is 62.7 Å². The first kappa shape index (κ1) is 20.0. The third-order valence-corrected chi connectivity index (χ3v) is 5.03. The molecule has 5 nitrogen and oxygen atoms in total. The lowest BCUT2D eigenvalue weighted by Gasteiger charge is -2.13. The average Bonchev–Trinajstić information content (AvgIpc) is 3.14. The fourth-order valence-electron chi connectivity index (χ4n) is 3.06. The Balaban J connectivity index is 1.89. The van der Waals surface area contributed by atoms with E-state index in [2.05, 4.69) is 15.4 Å². The number of aromatic nitrogens is 3.